The molecule has 0 spiro atoms. The van der Waals surface area contributed by atoms with E-state index in [4.69, 9.17) is 0 Å². The summed E-state index contributed by atoms with van der Waals surface area (Å²) in [7, 11) is 2.14. The van der Waals surface area contributed by atoms with Gasteiger partial charge in [0, 0.05) is 25.7 Å². The molecular formula is C17H28N4. The molecule has 0 radical (unpaired) electrons. The topological polar surface area (TPSA) is 39.7 Å². The van der Waals surface area contributed by atoms with Crippen LogP contribution in [0.25, 0.3) is 0 Å². The van der Waals surface area contributed by atoms with Crippen LogP contribution >= 0.6 is 0 Å². The summed E-state index contributed by atoms with van der Waals surface area (Å²) in [6.07, 6.45) is 1.26. The van der Waals surface area contributed by atoms with Crippen LogP contribution in [0.15, 0.2) is 35.3 Å². The van der Waals surface area contributed by atoms with E-state index in [2.05, 4.69) is 71.8 Å². The van der Waals surface area contributed by atoms with E-state index in [0.29, 0.717) is 6.04 Å². The van der Waals surface area contributed by atoms with E-state index in [0.717, 1.165) is 38.1 Å². The number of hydrogen-bond donors (Lipinski definition) is 2. The molecule has 1 fully saturated rings. The van der Waals surface area contributed by atoms with Crippen LogP contribution in [-0.2, 0) is 6.54 Å². The quantitative estimate of drug-likeness (QED) is 0.596. The van der Waals surface area contributed by atoms with Crippen LogP contribution in [0.3, 0.4) is 0 Å². The fraction of sp³-hybridized carbons (Fsp3) is 0.588. The molecule has 0 heterocycles. The molecule has 1 aromatic rings. The smallest absolute Gasteiger partial charge is 0.191 e. The van der Waals surface area contributed by atoms with Gasteiger partial charge in [0.05, 0.1) is 6.54 Å². The van der Waals surface area contributed by atoms with Gasteiger partial charge in [-0.3, -0.25) is 4.99 Å². The average molecular weight is 288 g/mol. The van der Waals surface area contributed by atoms with Crippen LogP contribution in [0, 0.1) is 5.92 Å². The molecule has 2 atom stereocenters. The van der Waals surface area contributed by atoms with Crippen molar-refractivity contribution < 1.29 is 0 Å². The Kier molecular flexibility index (Phi) is 6.05. The number of nitrogens with zero attached hydrogens (tertiary/aromatic N) is 2. The molecule has 1 saturated carbocycles. The third-order valence-corrected chi connectivity index (χ3v) is 3.82. The second-order valence-corrected chi connectivity index (χ2v) is 5.95. The number of nitrogens with one attached hydrogen (secondary N) is 2. The highest BCUT2D eigenvalue weighted by atomic mass is 15.2. The molecule has 2 N–H and O–H groups in total. The van der Waals surface area contributed by atoms with Crippen molar-refractivity contribution in [3.8, 4) is 0 Å². The zero-order chi connectivity index (χ0) is 15.1. The number of likely N-dealkylation sites (N-methyl/N-ethyl adjacent to an activating group) is 1. The lowest BCUT2D eigenvalue weighted by molar-refractivity contribution is 0.336. The van der Waals surface area contributed by atoms with Gasteiger partial charge in [-0.15, -0.1) is 0 Å². The molecule has 0 bridgehead atoms. The Hall–Kier alpha value is -1.55. The van der Waals surface area contributed by atoms with Crippen LogP contribution in [0.2, 0.25) is 0 Å². The van der Waals surface area contributed by atoms with Crippen molar-refractivity contribution in [2.45, 2.75) is 32.9 Å². The van der Waals surface area contributed by atoms with Gasteiger partial charge in [0.2, 0.25) is 0 Å². The van der Waals surface area contributed by atoms with Crippen molar-refractivity contribution in [3.05, 3.63) is 35.9 Å². The first-order valence-electron chi connectivity index (χ1n) is 7.96. The molecule has 0 aromatic heterocycles. The van der Waals surface area contributed by atoms with Crippen LogP contribution in [0.5, 0.6) is 0 Å². The monoisotopic (exact) mass is 288 g/mol. The first-order chi connectivity index (χ1) is 10.2. The van der Waals surface area contributed by atoms with E-state index in [1.807, 2.05) is 0 Å². The van der Waals surface area contributed by atoms with Crippen molar-refractivity contribution in [2.75, 3.05) is 26.7 Å². The second kappa shape index (κ2) is 8.03. The fourth-order valence-electron chi connectivity index (χ4n) is 2.33. The summed E-state index contributed by atoms with van der Waals surface area (Å²) in [4.78, 5) is 6.97. The van der Waals surface area contributed by atoms with E-state index >= 15 is 0 Å². The Balaban J connectivity index is 1.73. The highest BCUT2D eigenvalue weighted by molar-refractivity contribution is 5.80. The summed E-state index contributed by atoms with van der Waals surface area (Å²) in [5.74, 6) is 1.74. The lowest BCUT2D eigenvalue weighted by atomic mass is 10.2. The standard InChI is InChI=1S/C17H28N4/c1-4-18-17(20-16-12-14(16)2)19-10-11-21(3)13-15-8-6-5-7-9-15/h5-9,14,16H,4,10-13H2,1-3H3,(H2,18,19,20). The largest absolute Gasteiger partial charge is 0.357 e. The summed E-state index contributed by atoms with van der Waals surface area (Å²) in [6, 6.07) is 11.2. The zero-order valence-corrected chi connectivity index (χ0v) is 13.5. The third kappa shape index (κ3) is 5.76. The van der Waals surface area contributed by atoms with Gasteiger partial charge >= 0.3 is 0 Å². The lowest BCUT2D eigenvalue weighted by Crippen LogP contribution is -2.39. The van der Waals surface area contributed by atoms with E-state index in [9.17, 15) is 0 Å². The second-order valence-electron chi connectivity index (χ2n) is 5.95. The van der Waals surface area contributed by atoms with E-state index in [1.54, 1.807) is 0 Å². The van der Waals surface area contributed by atoms with Crippen molar-refractivity contribution in [1.29, 1.82) is 0 Å². The minimum atomic E-state index is 0.616. The normalized spacial score (nSPS) is 21.4. The number of rotatable bonds is 7. The number of guanidine groups is 1. The van der Waals surface area contributed by atoms with Crippen LogP contribution in [-0.4, -0.2) is 43.6 Å². The van der Waals surface area contributed by atoms with Gasteiger partial charge in [0.1, 0.15) is 0 Å². The molecular weight excluding hydrogens is 260 g/mol. The summed E-state index contributed by atoms with van der Waals surface area (Å²) in [5, 5.41) is 6.80. The maximum atomic E-state index is 4.66. The van der Waals surface area contributed by atoms with Crippen molar-refractivity contribution in [3.63, 3.8) is 0 Å². The third-order valence-electron chi connectivity index (χ3n) is 3.82. The first kappa shape index (κ1) is 15.8. The molecule has 0 saturated heterocycles. The van der Waals surface area contributed by atoms with Gasteiger partial charge in [-0.25, -0.2) is 0 Å². The van der Waals surface area contributed by atoms with Crippen LogP contribution in [0.4, 0.5) is 0 Å². The van der Waals surface area contributed by atoms with Gasteiger partial charge in [-0.1, -0.05) is 37.3 Å². The SMILES string of the molecule is CCNC(=NCCN(C)Cc1ccccc1)NC1CC1C. The summed E-state index contributed by atoms with van der Waals surface area (Å²) < 4.78 is 0. The Morgan fingerprint density at radius 2 is 2.05 bits per heavy atom. The number of aliphatic imine (C=N–C) groups is 1. The van der Waals surface area contributed by atoms with Crippen molar-refractivity contribution in [1.82, 2.24) is 15.5 Å². The van der Waals surface area contributed by atoms with Gasteiger partial charge < -0.3 is 15.5 Å². The Bertz CT molecular complexity index is 443. The molecule has 4 heteroatoms. The van der Waals surface area contributed by atoms with E-state index in [1.165, 1.54) is 12.0 Å². The fourth-order valence-corrected chi connectivity index (χ4v) is 2.33. The average Bonchev–Trinajstić information content (AvgIpc) is 3.15. The predicted octanol–water partition coefficient (Wildman–Crippen LogP) is 2.08. The first-order valence-corrected chi connectivity index (χ1v) is 7.96. The van der Waals surface area contributed by atoms with Crippen LogP contribution in [0.1, 0.15) is 25.8 Å². The zero-order valence-electron chi connectivity index (χ0n) is 13.5. The lowest BCUT2D eigenvalue weighted by Gasteiger charge is -2.16. The summed E-state index contributed by atoms with van der Waals surface area (Å²) in [5.41, 5.74) is 1.35. The Morgan fingerprint density at radius 3 is 2.67 bits per heavy atom. The maximum Gasteiger partial charge on any atom is 0.191 e. The molecule has 116 valence electrons. The van der Waals surface area contributed by atoms with E-state index < -0.39 is 0 Å². The number of benzene rings is 1. The molecule has 21 heavy (non-hydrogen) atoms. The predicted molar refractivity (Wildman–Crippen MR) is 89.5 cm³/mol. The Labute approximate surface area is 128 Å². The number of hydrogen-bond acceptors (Lipinski definition) is 2. The van der Waals surface area contributed by atoms with Crippen LogP contribution < -0.4 is 10.6 Å². The highest BCUT2D eigenvalue weighted by Gasteiger charge is 2.33. The van der Waals surface area contributed by atoms with Crippen molar-refractivity contribution >= 4 is 5.96 Å². The molecule has 0 aliphatic heterocycles. The molecule has 1 aliphatic rings. The maximum absolute atomic E-state index is 4.66. The van der Waals surface area contributed by atoms with Gasteiger partial charge in [0.25, 0.3) is 0 Å². The minimum absolute atomic E-state index is 0.616. The molecule has 2 rings (SSSR count). The molecule has 1 aliphatic carbocycles. The van der Waals surface area contributed by atoms with E-state index in [-0.39, 0.29) is 0 Å². The summed E-state index contributed by atoms with van der Waals surface area (Å²) >= 11 is 0. The van der Waals surface area contributed by atoms with Gasteiger partial charge in [-0.05, 0) is 31.9 Å². The summed E-state index contributed by atoms with van der Waals surface area (Å²) in [6.45, 7) is 8.04. The van der Waals surface area contributed by atoms with Gasteiger partial charge in [-0.2, -0.15) is 0 Å². The Morgan fingerprint density at radius 1 is 1.33 bits per heavy atom. The molecule has 1 aromatic carbocycles. The van der Waals surface area contributed by atoms with Crippen molar-refractivity contribution in [2.24, 2.45) is 10.9 Å². The molecule has 4 nitrogen and oxygen atoms in total. The highest BCUT2D eigenvalue weighted by Crippen LogP contribution is 2.28. The van der Waals surface area contributed by atoms with Gasteiger partial charge in [0.15, 0.2) is 5.96 Å². The minimum Gasteiger partial charge on any atom is -0.357 e. The molecule has 2 unspecified atom stereocenters. The molecule has 0 amide bonds.